The van der Waals surface area contributed by atoms with E-state index in [1.54, 1.807) is 11.3 Å². The number of aromatic nitrogens is 2. The highest BCUT2D eigenvalue weighted by Gasteiger charge is 2.31. The first-order valence-corrected chi connectivity index (χ1v) is 10.0. The zero-order valence-corrected chi connectivity index (χ0v) is 15.3. The summed E-state index contributed by atoms with van der Waals surface area (Å²) in [6.45, 7) is 2.21. The van der Waals surface area contributed by atoms with E-state index in [0.717, 1.165) is 54.3 Å². The molecule has 0 aliphatic carbocycles. The van der Waals surface area contributed by atoms with Crippen molar-refractivity contribution in [3.63, 3.8) is 0 Å². The van der Waals surface area contributed by atoms with Crippen LogP contribution in [0, 0.1) is 0 Å². The van der Waals surface area contributed by atoms with Gasteiger partial charge < -0.3 is 9.47 Å². The lowest BCUT2D eigenvalue weighted by molar-refractivity contribution is 0.191. The summed E-state index contributed by atoms with van der Waals surface area (Å²) in [5.41, 5.74) is 4.22. The number of piperidine rings is 1. The molecular weight excluding hydrogens is 344 g/mol. The van der Waals surface area contributed by atoms with E-state index in [9.17, 15) is 4.79 Å². The highest BCUT2D eigenvalue weighted by atomic mass is 32.1. The number of benzene rings is 1. The average molecular weight is 364 g/mol. The van der Waals surface area contributed by atoms with Crippen molar-refractivity contribution in [2.24, 2.45) is 0 Å². The number of nitrogens with zero attached hydrogens (tertiary/aromatic N) is 4. The first-order valence-electron chi connectivity index (χ1n) is 9.07. The van der Waals surface area contributed by atoms with Gasteiger partial charge in [-0.1, -0.05) is 18.2 Å². The van der Waals surface area contributed by atoms with E-state index in [1.807, 2.05) is 34.2 Å². The van der Waals surface area contributed by atoms with Crippen LogP contribution in [-0.2, 0) is 6.67 Å². The minimum atomic E-state index is 0.104. The number of imidazole rings is 1. The molecule has 2 aliphatic rings. The number of anilines is 1. The number of amides is 2. The Bertz CT molecular complexity index is 941. The quantitative estimate of drug-likeness (QED) is 0.630. The molecular formula is C20H20N4OS. The number of carbonyl (C=O) groups is 1. The van der Waals surface area contributed by atoms with E-state index in [-0.39, 0.29) is 6.03 Å². The van der Waals surface area contributed by atoms with Crippen molar-refractivity contribution >= 4 is 23.1 Å². The smallest absolute Gasteiger partial charge is 0.324 e. The van der Waals surface area contributed by atoms with Gasteiger partial charge in [0.25, 0.3) is 0 Å². The number of rotatable bonds is 1. The average Bonchev–Trinajstić information content (AvgIpc) is 3.37. The maximum Gasteiger partial charge on any atom is 0.326 e. The summed E-state index contributed by atoms with van der Waals surface area (Å²) >= 11 is 1.66. The molecule has 0 atom stereocenters. The van der Waals surface area contributed by atoms with Gasteiger partial charge in [-0.2, -0.15) is 11.3 Å². The molecule has 1 aromatic carbocycles. The molecule has 5 rings (SSSR count). The Balaban J connectivity index is 1.59. The van der Waals surface area contributed by atoms with Crippen LogP contribution in [-0.4, -0.2) is 33.6 Å². The molecule has 132 valence electrons. The van der Waals surface area contributed by atoms with Crippen LogP contribution in [0.4, 0.5) is 10.5 Å². The number of hydrogen-bond acceptors (Lipinski definition) is 3. The lowest BCUT2D eigenvalue weighted by Crippen LogP contribution is -2.47. The topological polar surface area (TPSA) is 41.4 Å². The Morgan fingerprint density at radius 2 is 1.92 bits per heavy atom. The fourth-order valence-electron chi connectivity index (χ4n) is 3.92. The van der Waals surface area contributed by atoms with Crippen LogP contribution in [0.1, 0.15) is 19.3 Å². The SMILES string of the molecule is O=C(N1CCCCC1)N1Cn2c(cnc2-c2ccsc2)-c2ccccc21. The van der Waals surface area contributed by atoms with Gasteiger partial charge in [0.1, 0.15) is 12.5 Å². The van der Waals surface area contributed by atoms with Crippen molar-refractivity contribution in [2.45, 2.75) is 25.9 Å². The molecule has 1 saturated heterocycles. The van der Waals surface area contributed by atoms with E-state index in [1.165, 1.54) is 6.42 Å². The third kappa shape index (κ3) is 2.44. The molecule has 0 unspecified atom stereocenters. The summed E-state index contributed by atoms with van der Waals surface area (Å²) in [7, 11) is 0. The Morgan fingerprint density at radius 3 is 2.73 bits per heavy atom. The molecule has 1 fully saturated rings. The first kappa shape index (κ1) is 15.6. The number of urea groups is 1. The molecule has 3 aromatic rings. The second-order valence-electron chi connectivity index (χ2n) is 6.82. The number of carbonyl (C=O) groups excluding carboxylic acids is 1. The van der Waals surface area contributed by atoms with E-state index in [0.29, 0.717) is 6.67 Å². The molecule has 2 aliphatic heterocycles. The second kappa shape index (κ2) is 6.29. The lowest BCUT2D eigenvalue weighted by Gasteiger charge is -2.36. The van der Waals surface area contributed by atoms with Gasteiger partial charge in [0.2, 0.25) is 0 Å². The normalized spacial score (nSPS) is 16.3. The van der Waals surface area contributed by atoms with E-state index in [4.69, 9.17) is 0 Å². The summed E-state index contributed by atoms with van der Waals surface area (Å²) in [4.78, 5) is 21.8. The van der Waals surface area contributed by atoms with Gasteiger partial charge in [0.15, 0.2) is 0 Å². The van der Waals surface area contributed by atoms with Gasteiger partial charge >= 0.3 is 6.03 Å². The second-order valence-corrected chi connectivity index (χ2v) is 7.60. The standard InChI is InChI=1S/C20H20N4OS/c25-20(22-9-4-1-5-10-22)24-14-23-18(16-6-2-3-7-17(16)24)12-21-19(23)15-8-11-26-13-15/h2-3,6-8,11-13H,1,4-5,9-10,14H2. The third-order valence-corrected chi connectivity index (χ3v) is 5.93. The predicted octanol–water partition coefficient (Wildman–Crippen LogP) is 4.66. The highest BCUT2D eigenvalue weighted by molar-refractivity contribution is 7.08. The van der Waals surface area contributed by atoms with E-state index < -0.39 is 0 Å². The fourth-order valence-corrected chi connectivity index (χ4v) is 4.55. The van der Waals surface area contributed by atoms with Gasteiger partial charge in [0, 0.05) is 29.6 Å². The fraction of sp³-hybridized carbons (Fsp3) is 0.300. The Morgan fingerprint density at radius 1 is 1.08 bits per heavy atom. The molecule has 2 amide bonds. The van der Waals surface area contributed by atoms with Crippen molar-refractivity contribution in [2.75, 3.05) is 18.0 Å². The number of thiophene rings is 1. The van der Waals surface area contributed by atoms with Crippen molar-refractivity contribution in [1.29, 1.82) is 0 Å². The summed E-state index contributed by atoms with van der Waals surface area (Å²) in [6, 6.07) is 10.3. The molecule has 5 nitrogen and oxygen atoms in total. The van der Waals surface area contributed by atoms with Crippen molar-refractivity contribution in [1.82, 2.24) is 14.5 Å². The van der Waals surface area contributed by atoms with Gasteiger partial charge in [0.05, 0.1) is 17.6 Å². The van der Waals surface area contributed by atoms with Crippen LogP contribution in [0.5, 0.6) is 0 Å². The summed E-state index contributed by atoms with van der Waals surface area (Å²) in [5.74, 6) is 0.923. The molecule has 0 saturated carbocycles. The highest BCUT2D eigenvalue weighted by Crippen LogP contribution is 2.39. The minimum absolute atomic E-state index is 0.104. The molecule has 26 heavy (non-hydrogen) atoms. The zero-order valence-electron chi connectivity index (χ0n) is 14.5. The summed E-state index contributed by atoms with van der Waals surface area (Å²) < 4.78 is 2.16. The maximum atomic E-state index is 13.3. The van der Waals surface area contributed by atoms with Gasteiger partial charge in [-0.25, -0.2) is 9.78 Å². The monoisotopic (exact) mass is 364 g/mol. The summed E-state index contributed by atoms with van der Waals surface area (Å²) in [6.07, 6.45) is 5.33. The molecule has 0 spiro atoms. The van der Waals surface area contributed by atoms with Crippen LogP contribution in [0.3, 0.4) is 0 Å². The largest absolute Gasteiger partial charge is 0.326 e. The van der Waals surface area contributed by atoms with Crippen LogP contribution in [0.2, 0.25) is 0 Å². The van der Waals surface area contributed by atoms with Gasteiger partial charge in [-0.15, -0.1) is 0 Å². The number of hydrogen-bond donors (Lipinski definition) is 0. The molecule has 0 N–H and O–H groups in total. The van der Waals surface area contributed by atoms with Crippen molar-refractivity contribution in [3.8, 4) is 22.6 Å². The van der Waals surface area contributed by atoms with Crippen LogP contribution in [0.15, 0.2) is 47.3 Å². The van der Waals surface area contributed by atoms with Crippen LogP contribution in [0.25, 0.3) is 22.6 Å². The number of fused-ring (bicyclic) bond motifs is 3. The lowest BCUT2D eigenvalue weighted by atomic mass is 10.1. The maximum absolute atomic E-state index is 13.3. The van der Waals surface area contributed by atoms with Crippen molar-refractivity contribution < 1.29 is 4.79 Å². The Kier molecular flexibility index (Phi) is 3.78. The zero-order chi connectivity index (χ0) is 17.5. The predicted molar refractivity (Wildman–Crippen MR) is 104 cm³/mol. The minimum Gasteiger partial charge on any atom is -0.324 e. The van der Waals surface area contributed by atoms with E-state index >= 15 is 0 Å². The van der Waals surface area contributed by atoms with E-state index in [2.05, 4.69) is 32.4 Å². The summed E-state index contributed by atoms with van der Waals surface area (Å²) in [5, 5.41) is 4.16. The molecule has 4 heterocycles. The molecule has 0 bridgehead atoms. The molecule has 0 radical (unpaired) electrons. The number of para-hydroxylation sites is 1. The molecule has 2 aromatic heterocycles. The Hall–Kier alpha value is -2.60. The van der Waals surface area contributed by atoms with Crippen LogP contribution >= 0.6 is 11.3 Å². The van der Waals surface area contributed by atoms with Crippen LogP contribution < -0.4 is 4.90 Å². The van der Waals surface area contributed by atoms with Gasteiger partial charge in [-0.05, 0) is 36.8 Å². The first-order chi connectivity index (χ1) is 12.8. The van der Waals surface area contributed by atoms with Crippen molar-refractivity contribution in [3.05, 3.63) is 47.3 Å². The molecule has 6 heteroatoms. The Labute approximate surface area is 156 Å². The third-order valence-electron chi connectivity index (χ3n) is 5.25. The number of likely N-dealkylation sites (tertiary alicyclic amines) is 1. The van der Waals surface area contributed by atoms with Gasteiger partial charge in [-0.3, -0.25) is 4.90 Å².